The number of hydrogen-bond acceptors (Lipinski definition) is 4. The fraction of sp³-hybridized carbons (Fsp3) is 0.462. The molecule has 0 spiro atoms. The molecule has 1 aromatic rings. The summed E-state index contributed by atoms with van der Waals surface area (Å²) in [6.45, 7) is 2.46. The third-order valence-corrected chi connectivity index (χ3v) is 2.52. The number of amides is 1. The van der Waals surface area contributed by atoms with Gasteiger partial charge in [-0.25, -0.2) is 0 Å². The summed E-state index contributed by atoms with van der Waals surface area (Å²) in [6.07, 6.45) is 0.255. The second-order valence-electron chi connectivity index (χ2n) is 3.94. The summed E-state index contributed by atoms with van der Waals surface area (Å²) in [7, 11) is 1.56. The van der Waals surface area contributed by atoms with E-state index < -0.39 is 6.10 Å². The van der Waals surface area contributed by atoms with Crippen LogP contribution in [0.1, 0.15) is 13.3 Å². The molecular weight excluding hydrogens is 232 g/mol. The van der Waals surface area contributed by atoms with E-state index >= 15 is 0 Å². The number of methoxy groups -OCH3 is 1. The zero-order valence-corrected chi connectivity index (χ0v) is 10.8. The summed E-state index contributed by atoms with van der Waals surface area (Å²) in [5.74, 6) is 0.460. The summed E-state index contributed by atoms with van der Waals surface area (Å²) in [4.78, 5) is 11.6. The predicted molar refractivity (Wildman–Crippen MR) is 70.8 cm³/mol. The Balaban J connectivity index is 2.40. The van der Waals surface area contributed by atoms with Crippen LogP contribution in [0.5, 0.6) is 5.75 Å². The lowest BCUT2D eigenvalue weighted by atomic mass is 10.3. The number of aliphatic hydroxyl groups is 1. The first kappa shape index (κ1) is 14.5. The third kappa shape index (κ3) is 4.73. The topological polar surface area (TPSA) is 70.6 Å². The van der Waals surface area contributed by atoms with E-state index in [4.69, 9.17) is 4.74 Å². The molecule has 0 fully saturated rings. The van der Waals surface area contributed by atoms with E-state index in [0.717, 1.165) is 0 Å². The Labute approximate surface area is 107 Å². The highest BCUT2D eigenvalue weighted by Crippen LogP contribution is 2.22. The van der Waals surface area contributed by atoms with Crippen LogP contribution < -0.4 is 15.4 Å². The Hall–Kier alpha value is -1.59. The molecule has 5 nitrogen and oxygen atoms in total. The van der Waals surface area contributed by atoms with Crippen molar-refractivity contribution < 1.29 is 14.6 Å². The number of carbonyl (C=O) groups excluding carboxylic acids is 1. The van der Waals surface area contributed by atoms with Gasteiger partial charge >= 0.3 is 0 Å². The predicted octanol–water partition coefficient (Wildman–Crippen LogP) is 0.994. The van der Waals surface area contributed by atoms with Crippen molar-refractivity contribution in [2.75, 3.05) is 25.5 Å². The monoisotopic (exact) mass is 252 g/mol. The van der Waals surface area contributed by atoms with E-state index in [1.54, 1.807) is 19.2 Å². The van der Waals surface area contributed by atoms with Gasteiger partial charge in [0.15, 0.2) is 0 Å². The van der Waals surface area contributed by atoms with E-state index in [0.29, 0.717) is 24.4 Å². The van der Waals surface area contributed by atoms with Gasteiger partial charge in [0.25, 0.3) is 0 Å². The highest BCUT2D eigenvalue weighted by molar-refractivity contribution is 5.93. The minimum Gasteiger partial charge on any atom is -0.495 e. The van der Waals surface area contributed by atoms with Gasteiger partial charge < -0.3 is 20.5 Å². The molecule has 1 rings (SSSR count). The average molecular weight is 252 g/mol. The Kier molecular flexibility index (Phi) is 6.18. The molecule has 0 aliphatic heterocycles. The first-order valence-electron chi connectivity index (χ1n) is 5.99. The van der Waals surface area contributed by atoms with Crippen LogP contribution in [0, 0.1) is 0 Å². The molecular formula is C13H20N2O3. The normalized spacial score (nSPS) is 11.9. The highest BCUT2D eigenvalue weighted by Gasteiger charge is 2.07. The van der Waals surface area contributed by atoms with E-state index in [9.17, 15) is 9.90 Å². The molecule has 0 radical (unpaired) electrons. The minimum absolute atomic E-state index is 0.162. The molecule has 0 aliphatic rings. The molecule has 0 heterocycles. The quantitative estimate of drug-likeness (QED) is 0.677. The lowest BCUT2D eigenvalue weighted by molar-refractivity contribution is -0.115. The highest BCUT2D eigenvalue weighted by atomic mass is 16.5. The molecule has 3 N–H and O–H groups in total. The van der Waals surface area contributed by atoms with Gasteiger partial charge in [-0.1, -0.05) is 19.1 Å². The fourth-order valence-electron chi connectivity index (χ4n) is 1.44. The van der Waals surface area contributed by atoms with Gasteiger partial charge in [-0.15, -0.1) is 0 Å². The Morgan fingerprint density at radius 2 is 2.17 bits per heavy atom. The summed E-state index contributed by atoms with van der Waals surface area (Å²) < 4.78 is 5.13. The van der Waals surface area contributed by atoms with Crippen molar-refractivity contribution in [1.29, 1.82) is 0 Å². The summed E-state index contributed by atoms with van der Waals surface area (Å²) in [6, 6.07) is 7.22. The number of hydrogen-bond donors (Lipinski definition) is 3. The largest absolute Gasteiger partial charge is 0.495 e. The van der Waals surface area contributed by atoms with Gasteiger partial charge in [0, 0.05) is 6.54 Å². The molecule has 18 heavy (non-hydrogen) atoms. The molecule has 0 saturated carbocycles. The van der Waals surface area contributed by atoms with Crippen molar-refractivity contribution >= 4 is 11.6 Å². The van der Waals surface area contributed by atoms with Crippen molar-refractivity contribution in [2.24, 2.45) is 0 Å². The number of carbonyl (C=O) groups is 1. The van der Waals surface area contributed by atoms with Crippen LogP contribution in [-0.2, 0) is 4.79 Å². The van der Waals surface area contributed by atoms with Gasteiger partial charge in [0.1, 0.15) is 5.75 Å². The standard InChI is InChI=1S/C13H20N2O3/c1-3-10(16)8-14-9-13(17)15-11-6-4-5-7-12(11)18-2/h4-7,10,14,16H,3,8-9H2,1-2H3,(H,15,17). The van der Waals surface area contributed by atoms with Crippen LogP contribution in [0.3, 0.4) is 0 Å². The van der Waals surface area contributed by atoms with Gasteiger partial charge in [-0.3, -0.25) is 4.79 Å². The van der Waals surface area contributed by atoms with Crippen molar-refractivity contribution in [3.05, 3.63) is 24.3 Å². The molecule has 0 aromatic heterocycles. The summed E-state index contributed by atoms with van der Waals surface area (Å²) in [5.41, 5.74) is 0.642. The number of rotatable bonds is 7. The van der Waals surface area contributed by atoms with Crippen LogP contribution in [0.15, 0.2) is 24.3 Å². The number of ether oxygens (including phenoxy) is 1. The average Bonchev–Trinajstić information content (AvgIpc) is 2.39. The number of anilines is 1. The lowest BCUT2D eigenvalue weighted by Crippen LogP contribution is -2.33. The maximum atomic E-state index is 11.6. The van der Waals surface area contributed by atoms with Gasteiger partial charge in [-0.05, 0) is 18.6 Å². The lowest BCUT2D eigenvalue weighted by Gasteiger charge is -2.11. The minimum atomic E-state index is -0.413. The first-order chi connectivity index (χ1) is 8.67. The molecule has 0 bridgehead atoms. The number of benzene rings is 1. The second kappa shape index (κ2) is 7.68. The van der Waals surface area contributed by atoms with E-state index in [2.05, 4.69) is 10.6 Å². The molecule has 0 saturated heterocycles. The Morgan fingerprint density at radius 3 is 2.83 bits per heavy atom. The Bertz CT molecular complexity index is 382. The van der Waals surface area contributed by atoms with Crippen molar-refractivity contribution in [2.45, 2.75) is 19.4 Å². The van der Waals surface area contributed by atoms with Crippen molar-refractivity contribution in [1.82, 2.24) is 5.32 Å². The molecule has 1 amide bonds. The molecule has 100 valence electrons. The zero-order chi connectivity index (χ0) is 13.4. The van der Waals surface area contributed by atoms with E-state index in [1.165, 1.54) is 0 Å². The fourth-order valence-corrected chi connectivity index (χ4v) is 1.44. The van der Waals surface area contributed by atoms with Crippen molar-refractivity contribution in [3.63, 3.8) is 0 Å². The third-order valence-electron chi connectivity index (χ3n) is 2.52. The van der Waals surface area contributed by atoms with Crippen LogP contribution in [0.4, 0.5) is 5.69 Å². The molecule has 1 aromatic carbocycles. The summed E-state index contributed by atoms with van der Waals surface area (Å²) >= 11 is 0. The van der Waals surface area contributed by atoms with E-state index in [-0.39, 0.29) is 12.5 Å². The molecule has 0 aliphatic carbocycles. The molecule has 1 atom stereocenters. The maximum absolute atomic E-state index is 11.6. The van der Waals surface area contributed by atoms with Crippen LogP contribution in [0.25, 0.3) is 0 Å². The van der Waals surface area contributed by atoms with Crippen molar-refractivity contribution in [3.8, 4) is 5.75 Å². The second-order valence-corrected chi connectivity index (χ2v) is 3.94. The van der Waals surface area contributed by atoms with Gasteiger partial charge in [-0.2, -0.15) is 0 Å². The molecule has 5 heteroatoms. The molecule has 1 unspecified atom stereocenters. The maximum Gasteiger partial charge on any atom is 0.238 e. The number of nitrogens with one attached hydrogen (secondary N) is 2. The summed E-state index contributed by atoms with van der Waals surface area (Å²) in [5, 5.41) is 15.0. The van der Waals surface area contributed by atoms with Crippen LogP contribution in [0.2, 0.25) is 0 Å². The van der Waals surface area contributed by atoms with Crippen LogP contribution >= 0.6 is 0 Å². The smallest absolute Gasteiger partial charge is 0.238 e. The van der Waals surface area contributed by atoms with Crippen LogP contribution in [-0.4, -0.2) is 37.3 Å². The Morgan fingerprint density at radius 1 is 1.44 bits per heavy atom. The van der Waals surface area contributed by atoms with Gasteiger partial charge in [0.2, 0.25) is 5.91 Å². The number of aliphatic hydroxyl groups excluding tert-OH is 1. The first-order valence-corrected chi connectivity index (χ1v) is 5.99. The van der Waals surface area contributed by atoms with Gasteiger partial charge in [0.05, 0.1) is 25.4 Å². The zero-order valence-electron chi connectivity index (χ0n) is 10.8. The SMILES string of the molecule is CCC(O)CNCC(=O)Nc1ccccc1OC. The van der Waals surface area contributed by atoms with E-state index in [1.807, 2.05) is 19.1 Å². The number of para-hydroxylation sites is 2.